The fourth-order valence-electron chi connectivity index (χ4n) is 5.37. The van der Waals surface area contributed by atoms with E-state index in [4.69, 9.17) is 26.2 Å². The van der Waals surface area contributed by atoms with Crippen LogP contribution in [0.1, 0.15) is 48.4 Å². The Morgan fingerprint density at radius 1 is 1.18 bits per heavy atom. The second-order valence-corrected chi connectivity index (χ2v) is 13.0. The van der Waals surface area contributed by atoms with Crippen molar-refractivity contribution < 1.29 is 36.2 Å². The highest BCUT2D eigenvalue weighted by atomic mass is 35.5. The Morgan fingerprint density at radius 3 is 2.26 bits per heavy atom. The third-order valence-corrected chi connectivity index (χ3v) is 8.63. The molecule has 13 heteroatoms. The van der Waals surface area contributed by atoms with Crippen LogP contribution >= 0.6 is 11.6 Å². The lowest BCUT2D eigenvalue weighted by Crippen LogP contribution is -2.56. The van der Waals surface area contributed by atoms with Crippen LogP contribution in [0.3, 0.4) is 0 Å². The first-order valence-corrected chi connectivity index (χ1v) is 15.2. The number of aromatic nitrogens is 2. The normalized spacial score (nSPS) is 24.6. The highest BCUT2D eigenvalue weighted by molar-refractivity contribution is 7.90. The predicted octanol–water partition coefficient (Wildman–Crippen LogP) is 4.40. The number of aryl methyl sites for hydroxylation is 1. The lowest BCUT2D eigenvalue weighted by Gasteiger charge is -2.46. The molecule has 1 aliphatic carbocycles. The Bertz CT molecular complexity index is 1210. The molecule has 218 valence electrons. The minimum Gasteiger partial charge on any atom is -0.475 e. The number of ether oxygens (including phenoxy) is 1. The third kappa shape index (κ3) is 9.19. The molecule has 8 nitrogen and oxygen atoms in total. The molecule has 0 unspecified atom stereocenters. The number of aliphatic carboxylic acids is 1. The Hall–Kier alpha value is -2.15. The van der Waals surface area contributed by atoms with Crippen LogP contribution in [0.2, 0.25) is 5.02 Å². The molecule has 39 heavy (non-hydrogen) atoms. The number of benzene rings is 1. The molecule has 2 heterocycles. The van der Waals surface area contributed by atoms with Crippen molar-refractivity contribution >= 4 is 27.4 Å². The number of carbonyl (C=O) groups is 1. The van der Waals surface area contributed by atoms with Crippen molar-refractivity contribution in [2.75, 3.05) is 25.2 Å². The van der Waals surface area contributed by atoms with Gasteiger partial charge in [0.15, 0.2) is 0 Å². The van der Waals surface area contributed by atoms with Gasteiger partial charge >= 0.3 is 12.1 Å². The van der Waals surface area contributed by atoms with Gasteiger partial charge in [0, 0.05) is 42.6 Å². The number of alkyl halides is 3. The van der Waals surface area contributed by atoms with E-state index >= 15 is 0 Å². The average molecular weight is 594 g/mol. The van der Waals surface area contributed by atoms with Crippen LogP contribution in [0.4, 0.5) is 13.2 Å². The largest absolute Gasteiger partial charge is 0.490 e. The summed E-state index contributed by atoms with van der Waals surface area (Å²) < 4.78 is 63.5. The van der Waals surface area contributed by atoms with Crippen LogP contribution in [-0.2, 0) is 32.8 Å². The molecule has 1 N–H and O–H groups in total. The van der Waals surface area contributed by atoms with Gasteiger partial charge in [-0.25, -0.2) is 13.2 Å². The summed E-state index contributed by atoms with van der Waals surface area (Å²) in [5.74, 6) is -2.11. The van der Waals surface area contributed by atoms with Gasteiger partial charge in [0.25, 0.3) is 0 Å². The second kappa shape index (κ2) is 13.0. The summed E-state index contributed by atoms with van der Waals surface area (Å²) in [5, 5.41) is 12.3. The summed E-state index contributed by atoms with van der Waals surface area (Å²) in [4.78, 5) is 11.4. The molecule has 0 bridgehead atoms. The van der Waals surface area contributed by atoms with E-state index in [1.807, 2.05) is 30.1 Å². The van der Waals surface area contributed by atoms with Crippen LogP contribution in [0.5, 0.6) is 0 Å². The van der Waals surface area contributed by atoms with E-state index < -0.39 is 22.0 Å². The number of carboxylic acid groups (broad SMARTS) is 1. The molecule has 4 rings (SSSR count). The summed E-state index contributed by atoms with van der Waals surface area (Å²) in [6.45, 7) is 3.38. The molecule has 1 aromatic carbocycles. The number of halogens is 4. The number of nitrogens with zero attached hydrogens (tertiary/aromatic N) is 3. The van der Waals surface area contributed by atoms with Gasteiger partial charge in [-0.15, -0.1) is 0 Å². The van der Waals surface area contributed by atoms with E-state index in [0.29, 0.717) is 25.1 Å². The fraction of sp³-hybridized carbons (Fsp3) is 0.615. The van der Waals surface area contributed by atoms with Gasteiger partial charge in [-0.05, 0) is 68.2 Å². The van der Waals surface area contributed by atoms with E-state index in [2.05, 4.69) is 29.1 Å². The number of hydrogen-bond donors (Lipinski definition) is 1. The predicted molar refractivity (Wildman–Crippen MR) is 142 cm³/mol. The molecule has 2 fully saturated rings. The molecule has 1 saturated heterocycles. The first kappa shape index (κ1) is 31.4. The van der Waals surface area contributed by atoms with E-state index in [1.54, 1.807) is 0 Å². The maximum atomic E-state index is 11.9. The van der Waals surface area contributed by atoms with Crippen LogP contribution in [0.15, 0.2) is 30.5 Å². The van der Waals surface area contributed by atoms with E-state index in [9.17, 15) is 21.6 Å². The van der Waals surface area contributed by atoms with Crippen LogP contribution in [0.25, 0.3) is 0 Å². The fourth-order valence-corrected chi connectivity index (χ4v) is 6.37. The molecule has 2 aromatic rings. The average Bonchev–Trinajstić information content (AvgIpc) is 3.18. The zero-order valence-corrected chi connectivity index (χ0v) is 23.8. The summed E-state index contributed by atoms with van der Waals surface area (Å²) in [6, 6.07) is 8.70. The third-order valence-electron chi connectivity index (χ3n) is 7.40. The maximum Gasteiger partial charge on any atom is 0.490 e. The van der Waals surface area contributed by atoms with E-state index in [-0.39, 0.29) is 17.9 Å². The molecule has 2 aliphatic rings. The van der Waals surface area contributed by atoms with Gasteiger partial charge in [0.05, 0.1) is 24.7 Å². The Kier molecular flexibility index (Phi) is 10.5. The molecule has 0 amide bonds. The smallest absolute Gasteiger partial charge is 0.475 e. The van der Waals surface area contributed by atoms with Gasteiger partial charge in [-0.3, -0.25) is 9.58 Å². The highest BCUT2D eigenvalue weighted by Crippen LogP contribution is 2.37. The van der Waals surface area contributed by atoms with E-state index in [0.717, 1.165) is 37.1 Å². The minimum absolute atomic E-state index is 0.0847. The first-order valence-electron chi connectivity index (χ1n) is 12.7. The van der Waals surface area contributed by atoms with Crippen LogP contribution < -0.4 is 0 Å². The van der Waals surface area contributed by atoms with Gasteiger partial charge < -0.3 is 9.84 Å². The summed E-state index contributed by atoms with van der Waals surface area (Å²) >= 11 is 6.06. The molecule has 0 radical (unpaired) electrons. The highest BCUT2D eigenvalue weighted by Gasteiger charge is 2.38. The Balaban J connectivity index is 0.000000532. The van der Waals surface area contributed by atoms with Crippen LogP contribution in [-0.4, -0.2) is 83.7 Å². The molecular weight excluding hydrogens is 559 g/mol. The standard InChI is InChI=1S/C24H34ClN3O3S.C2HF3O2/c1-17-24(13-26-27(17)2)19-6-10-21(11-7-19)28-14-23(16-32(3,29)30)31-15-22(28)12-18-4-8-20(25)9-5-18;3-2(4,5)1(6)7/h4-5,8-9,13,19,21-23H,6-7,10-12,14-16H2,1-3H3;(H,6,7)/t19?,21?,22-,23+;/m0./s1. The summed E-state index contributed by atoms with van der Waals surface area (Å²) in [5.41, 5.74) is 3.86. The van der Waals surface area contributed by atoms with Gasteiger partial charge in [0.2, 0.25) is 0 Å². The summed E-state index contributed by atoms with van der Waals surface area (Å²) in [6.07, 6.45) is 3.36. The van der Waals surface area contributed by atoms with Gasteiger partial charge in [-0.1, -0.05) is 23.7 Å². The monoisotopic (exact) mass is 593 g/mol. The lowest BCUT2D eigenvalue weighted by molar-refractivity contribution is -0.192. The Labute approximate surface area is 232 Å². The zero-order chi connectivity index (χ0) is 29.0. The van der Waals surface area contributed by atoms with Gasteiger partial charge in [-0.2, -0.15) is 18.3 Å². The molecule has 2 atom stereocenters. The summed E-state index contributed by atoms with van der Waals surface area (Å²) in [7, 11) is -1.08. The Morgan fingerprint density at radius 2 is 1.77 bits per heavy atom. The van der Waals surface area contributed by atoms with Crippen molar-refractivity contribution in [3.8, 4) is 0 Å². The molecule has 1 aliphatic heterocycles. The van der Waals surface area contributed by atoms with Crippen molar-refractivity contribution in [2.45, 2.75) is 69.3 Å². The minimum atomic E-state index is -5.08. The number of carboxylic acids is 1. The SMILES string of the molecule is Cc1c(C2CCC(N3C[C@H](CS(C)(=O)=O)OC[C@@H]3Cc3ccc(Cl)cc3)CC2)cnn1C.O=C(O)C(F)(F)F. The second-order valence-electron chi connectivity index (χ2n) is 10.3. The van der Waals surface area contributed by atoms with Crippen molar-refractivity contribution in [3.63, 3.8) is 0 Å². The van der Waals surface area contributed by atoms with Crippen molar-refractivity contribution in [1.82, 2.24) is 14.7 Å². The maximum absolute atomic E-state index is 11.9. The number of sulfone groups is 1. The lowest BCUT2D eigenvalue weighted by atomic mass is 9.80. The molecule has 0 spiro atoms. The number of hydrogen-bond acceptors (Lipinski definition) is 6. The van der Waals surface area contributed by atoms with Gasteiger partial charge in [0.1, 0.15) is 9.84 Å². The topological polar surface area (TPSA) is 102 Å². The zero-order valence-electron chi connectivity index (χ0n) is 22.2. The first-order chi connectivity index (χ1) is 18.1. The van der Waals surface area contributed by atoms with E-state index in [1.165, 1.54) is 23.1 Å². The quantitative estimate of drug-likeness (QED) is 0.530. The van der Waals surface area contributed by atoms with Crippen molar-refractivity contribution in [3.05, 3.63) is 52.3 Å². The van der Waals surface area contributed by atoms with Crippen molar-refractivity contribution in [1.29, 1.82) is 0 Å². The number of morpholine rings is 1. The molecule has 1 aromatic heterocycles. The van der Waals surface area contributed by atoms with Crippen LogP contribution in [0, 0.1) is 6.92 Å². The van der Waals surface area contributed by atoms with Crippen molar-refractivity contribution in [2.24, 2.45) is 7.05 Å². The molecular formula is C26H35ClF3N3O5S. The number of rotatable bonds is 6. The molecule has 1 saturated carbocycles.